The highest BCUT2D eigenvalue weighted by Crippen LogP contribution is 2.20. The van der Waals surface area contributed by atoms with Crippen molar-refractivity contribution < 1.29 is 9.53 Å². The lowest BCUT2D eigenvalue weighted by atomic mass is 9.92. The topological polar surface area (TPSA) is 41.6 Å². The summed E-state index contributed by atoms with van der Waals surface area (Å²) in [6.45, 7) is 16.3. The Bertz CT molecular complexity index is 321. The molecule has 1 aliphatic rings. The van der Waals surface area contributed by atoms with Crippen LogP contribution in [0.25, 0.3) is 0 Å². The van der Waals surface area contributed by atoms with E-state index in [4.69, 9.17) is 4.74 Å². The van der Waals surface area contributed by atoms with Gasteiger partial charge < -0.3 is 15.0 Å². The van der Waals surface area contributed by atoms with Crippen LogP contribution in [0.2, 0.25) is 0 Å². The molecule has 1 amide bonds. The van der Waals surface area contributed by atoms with Gasteiger partial charge >= 0.3 is 6.09 Å². The predicted octanol–water partition coefficient (Wildman–Crippen LogP) is 3.66. The number of rotatable bonds is 4. The lowest BCUT2D eigenvalue weighted by molar-refractivity contribution is 0.0184. The number of piperidine rings is 1. The number of ether oxygens (including phenoxy) is 1. The molecule has 0 atom stereocenters. The molecule has 0 saturated carbocycles. The number of nitrogens with zero attached hydrogens (tertiary/aromatic N) is 1. The monoisotopic (exact) mass is 298 g/mol. The van der Waals surface area contributed by atoms with Crippen LogP contribution in [0.1, 0.15) is 60.8 Å². The Kier molecular flexibility index (Phi) is 6.51. The lowest BCUT2D eigenvalue weighted by Crippen LogP contribution is -2.43. The van der Waals surface area contributed by atoms with Gasteiger partial charge in [-0.25, -0.2) is 4.79 Å². The molecule has 1 rings (SSSR count). The van der Waals surface area contributed by atoms with Crippen molar-refractivity contribution >= 4 is 6.09 Å². The zero-order chi connectivity index (χ0) is 16.1. The van der Waals surface area contributed by atoms with Crippen molar-refractivity contribution in [2.75, 3.05) is 26.2 Å². The minimum atomic E-state index is -0.400. The average molecular weight is 298 g/mol. The average Bonchev–Trinajstić information content (AvgIpc) is 2.32. The molecule has 21 heavy (non-hydrogen) atoms. The molecule has 1 saturated heterocycles. The summed E-state index contributed by atoms with van der Waals surface area (Å²) in [5.74, 6) is 0.684. The summed E-state index contributed by atoms with van der Waals surface area (Å²) < 4.78 is 5.42. The summed E-state index contributed by atoms with van der Waals surface area (Å²) >= 11 is 0. The molecule has 4 heteroatoms. The van der Waals surface area contributed by atoms with Crippen molar-refractivity contribution in [3.8, 4) is 0 Å². The van der Waals surface area contributed by atoms with Crippen LogP contribution in [0.15, 0.2) is 0 Å². The van der Waals surface area contributed by atoms with Crippen LogP contribution in [-0.4, -0.2) is 42.8 Å². The van der Waals surface area contributed by atoms with Crippen LogP contribution in [-0.2, 0) is 4.74 Å². The Labute approximate surface area is 130 Å². The van der Waals surface area contributed by atoms with E-state index in [1.54, 1.807) is 0 Å². The van der Waals surface area contributed by atoms with Gasteiger partial charge in [-0.1, -0.05) is 20.8 Å². The largest absolute Gasteiger partial charge is 0.444 e. The molecule has 0 unspecified atom stereocenters. The highest BCUT2D eigenvalue weighted by Gasteiger charge is 2.26. The third-order valence-electron chi connectivity index (χ3n) is 3.75. The van der Waals surface area contributed by atoms with E-state index in [2.05, 4.69) is 26.1 Å². The van der Waals surface area contributed by atoms with Crippen LogP contribution >= 0.6 is 0 Å². The summed E-state index contributed by atoms with van der Waals surface area (Å²) in [7, 11) is 0. The minimum Gasteiger partial charge on any atom is -0.444 e. The molecule has 0 aromatic heterocycles. The second kappa shape index (κ2) is 7.48. The lowest BCUT2D eigenvalue weighted by Gasteiger charge is -2.33. The van der Waals surface area contributed by atoms with Crippen LogP contribution in [0.4, 0.5) is 4.79 Å². The molecule has 0 bridgehead atoms. The number of hydrogen-bond acceptors (Lipinski definition) is 3. The summed E-state index contributed by atoms with van der Waals surface area (Å²) in [5.41, 5.74) is -0.00444. The van der Waals surface area contributed by atoms with Crippen molar-refractivity contribution in [2.24, 2.45) is 11.3 Å². The summed E-state index contributed by atoms with van der Waals surface area (Å²) in [6.07, 6.45) is 3.18. The van der Waals surface area contributed by atoms with E-state index in [0.717, 1.165) is 39.0 Å². The molecular formula is C17H34N2O2. The first-order valence-electron chi connectivity index (χ1n) is 8.25. The Morgan fingerprint density at radius 2 is 1.71 bits per heavy atom. The van der Waals surface area contributed by atoms with Crippen molar-refractivity contribution in [1.29, 1.82) is 0 Å². The van der Waals surface area contributed by atoms with E-state index >= 15 is 0 Å². The van der Waals surface area contributed by atoms with E-state index in [1.807, 2.05) is 25.7 Å². The molecule has 4 nitrogen and oxygen atoms in total. The van der Waals surface area contributed by atoms with Crippen LogP contribution < -0.4 is 5.32 Å². The summed E-state index contributed by atoms with van der Waals surface area (Å²) in [4.78, 5) is 13.8. The third kappa shape index (κ3) is 8.30. The van der Waals surface area contributed by atoms with Gasteiger partial charge in [-0.3, -0.25) is 0 Å². The van der Waals surface area contributed by atoms with Gasteiger partial charge in [0.15, 0.2) is 0 Å². The number of carbonyl (C=O) groups excluding carboxylic acids is 1. The SMILES string of the molecule is CC(C)(C)CCNCC1CCN(C(=O)OC(C)(C)C)CC1. The number of hydrogen-bond donors (Lipinski definition) is 1. The highest BCUT2D eigenvalue weighted by molar-refractivity contribution is 5.68. The first-order valence-corrected chi connectivity index (χ1v) is 8.25. The summed E-state index contributed by atoms with van der Waals surface area (Å²) in [5, 5.41) is 3.56. The van der Waals surface area contributed by atoms with Gasteiger partial charge in [0, 0.05) is 13.1 Å². The Balaban J connectivity index is 2.19. The fourth-order valence-electron chi connectivity index (χ4n) is 2.42. The van der Waals surface area contributed by atoms with E-state index in [-0.39, 0.29) is 6.09 Å². The van der Waals surface area contributed by atoms with E-state index in [9.17, 15) is 4.79 Å². The Morgan fingerprint density at radius 1 is 1.14 bits per heavy atom. The van der Waals surface area contributed by atoms with Crippen LogP contribution in [0, 0.1) is 11.3 Å². The molecular weight excluding hydrogens is 264 g/mol. The maximum absolute atomic E-state index is 12.0. The van der Waals surface area contributed by atoms with Crippen molar-refractivity contribution in [1.82, 2.24) is 10.2 Å². The molecule has 1 heterocycles. The van der Waals surface area contributed by atoms with Crippen molar-refractivity contribution in [3.63, 3.8) is 0 Å². The second-order valence-corrected chi connectivity index (χ2v) is 8.43. The zero-order valence-electron chi connectivity index (χ0n) is 14.8. The molecule has 0 spiro atoms. The molecule has 1 fully saturated rings. The van der Waals surface area contributed by atoms with Gasteiger partial charge in [0.05, 0.1) is 0 Å². The standard InChI is InChI=1S/C17H34N2O2/c1-16(2,3)9-10-18-13-14-7-11-19(12-8-14)15(20)21-17(4,5)6/h14,18H,7-13H2,1-6H3. The number of carbonyl (C=O) groups is 1. The Hall–Kier alpha value is -0.770. The molecule has 1 aliphatic heterocycles. The second-order valence-electron chi connectivity index (χ2n) is 8.43. The van der Waals surface area contributed by atoms with E-state index in [1.165, 1.54) is 6.42 Å². The number of likely N-dealkylation sites (tertiary alicyclic amines) is 1. The van der Waals surface area contributed by atoms with Crippen LogP contribution in [0.3, 0.4) is 0 Å². The number of amides is 1. The zero-order valence-corrected chi connectivity index (χ0v) is 14.8. The maximum Gasteiger partial charge on any atom is 0.410 e. The van der Waals surface area contributed by atoms with Gasteiger partial charge in [0.1, 0.15) is 5.60 Å². The molecule has 0 radical (unpaired) electrons. The van der Waals surface area contributed by atoms with E-state index in [0.29, 0.717) is 11.3 Å². The quantitative estimate of drug-likeness (QED) is 0.805. The number of nitrogens with one attached hydrogen (secondary N) is 1. The fourth-order valence-corrected chi connectivity index (χ4v) is 2.42. The van der Waals surface area contributed by atoms with Gasteiger partial charge in [-0.15, -0.1) is 0 Å². The molecule has 1 N–H and O–H groups in total. The molecule has 0 aromatic rings. The smallest absolute Gasteiger partial charge is 0.410 e. The van der Waals surface area contributed by atoms with Gasteiger partial charge in [0.2, 0.25) is 0 Å². The molecule has 124 valence electrons. The highest BCUT2D eigenvalue weighted by atomic mass is 16.6. The third-order valence-corrected chi connectivity index (χ3v) is 3.75. The first-order chi connectivity index (χ1) is 9.57. The predicted molar refractivity (Wildman–Crippen MR) is 87.5 cm³/mol. The van der Waals surface area contributed by atoms with Gasteiger partial charge in [0.25, 0.3) is 0 Å². The fraction of sp³-hybridized carbons (Fsp3) is 0.941. The molecule has 0 aliphatic carbocycles. The van der Waals surface area contributed by atoms with Gasteiger partial charge in [-0.05, 0) is 64.5 Å². The van der Waals surface area contributed by atoms with Crippen LogP contribution in [0.5, 0.6) is 0 Å². The van der Waals surface area contributed by atoms with E-state index < -0.39 is 5.60 Å². The van der Waals surface area contributed by atoms with Gasteiger partial charge in [-0.2, -0.15) is 0 Å². The first kappa shape index (κ1) is 18.3. The maximum atomic E-state index is 12.0. The normalized spacial score (nSPS) is 17.9. The Morgan fingerprint density at radius 3 is 2.19 bits per heavy atom. The van der Waals surface area contributed by atoms with Crippen molar-refractivity contribution in [2.45, 2.75) is 66.4 Å². The molecule has 0 aromatic carbocycles. The summed E-state index contributed by atoms with van der Waals surface area (Å²) in [6, 6.07) is 0. The van der Waals surface area contributed by atoms with Crippen molar-refractivity contribution in [3.05, 3.63) is 0 Å². The minimum absolute atomic E-state index is 0.165.